The number of fused-ring (bicyclic) bond motifs is 2. The lowest BCUT2D eigenvalue weighted by atomic mass is 9.85. The van der Waals surface area contributed by atoms with Crippen LogP contribution in [0.25, 0.3) is 11.3 Å². The zero-order valence-corrected chi connectivity index (χ0v) is 33.8. The van der Waals surface area contributed by atoms with Crippen molar-refractivity contribution in [3.63, 3.8) is 0 Å². The van der Waals surface area contributed by atoms with Gasteiger partial charge in [0.2, 0.25) is 5.95 Å². The van der Waals surface area contributed by atoms with Crippen molar-refractivity contribution in [1.29, 1.82) is 0 Å². The third-order valence-electron chi connectivity index (χ3n) is 10.9. The van der Waals surface area contributed by atoms with Gasteiger partial charge in [0.1, 0.15) is 23.4 Å². The molecule has 2 unspecified atom stereocenters. The number of carbonyl (C=O) groups excluding carboxylic acids is 1. The molecular weight excluding hydrogens is 744 g/mol. The first kappa shape index (κ1) is 39.0. The minimum Gasteiger partial charge on any atom is -0.492 e. The molecule has 3 aromatic heterocycles. The van der Waals surface area contributed by atoms with Gasteiger partial charge in [-0.05, 0) is 86.8 Å². The Morgan fingerprint density at radius 2 is 1.77 bits per heavy atom. The number of nitrogens with one attached hydrogen (secondary N) is 2. The van der Waals surface area contributed by atoms with Crippen molar-refractivity contribution in [2.45, 2.75) is 102 Å². The van der Waals surface area contributed by atoms with Crippen LogP contribution in [-0.4, -0.2) is 69.6 Å². The number of hydrogen-bond acceptors (Lipinski definition) is 9. The average molecular weight is 797 g/mol. The zero-order valence-electron chi connectivity index (χ0n) is 33.1. The number of amides is 2. The summed E-state index contributed by atoms with van der Waals surface area (Å²) in [6.45, 7) is 9.96. The summed E-state index contributed by atoms with van der Waals surface area (Å²) in [5.74, 6) is 2.68. The summed E-state index contributed by atoms with van der Waals surface area (Å²) >= 11 is 6.58. The van der Waals surface area contributed by atoms with Gasteiger partial charge >= 0.3 is 6.03 Å². The second-order valence-electron chi connectivity index (χ2n) is 16.2. The molecule has 0 spiro atoms. The van der Waals surface area contributed by atoms with Crippen molar-refractivity contribution >= 4 is 35.0 Å². The summed E-state index contributed by atoms with van der Waals surface area (Å²) in [5.41, 5.74) is 4.15. The van der Waals surface area contributed by atoms with E-state index < -0.39 is 0 Å². The molecule has 13 nitrogen and oxygen atoms in total. The molecule has 57 heavy (non-hydrogen) atoms. The minimum absolute atomic E-state index is 0.129. The number of nitrogens with zero attached hydrogens (tertiary/aromatic N) is 6. The van der Waals surface area contributed by atoms with Gasteiger partial charge in [-0.1, -0.05) is 56.6 Å². The lowest BCUT2D eigenvalue weighted by molar-refractivity contribution is -0.163. The summed E-state index contributed by atoms with van der Waals surface area (Å²) in [4.78, 5) is 16.1. The highest BCUT2D eigenvalue weighted by molar-refractivity contribution is 6.32. The Bertz CT molecular complexity index is 2150. The summed E-state index contributed by atoms with van der Waals surface area (Å²) < 4.78 is 28.0. The number of anilines is 2. The van der Waals surface area contributed by atoms with Crippen LogP contribution in [0, 0.1) is 0 Å². The number of halogens is 1. The molecule has 2 aliphatic heterocycles. The summed E-state index contributed by atoms with van der Waals surface area (Å²) in [6, 6.07) is 19.0. The van der Waals surface area contributed by atoms with Gasteiger partial charge in [0.05, 0.1) is 41.9 Å². The first-order chi connectivity index (χ1) is 27.7. The van der Waals surface area contributed by atoms with Gasteiger partial charge in [-0.3, -0.25) is 9.72 Å². The number of pyridine rings is 1. The van der Waals surface area contributed by atoms with Crippen LogP contribution < -0.4 is 25.0 Å². The smallest absolute Gasteiger partial charge is 0.320 e. The van der Waals surface area contributed by atoms with E-state index in [2.05, 4.69) is 58.6 Å². The lowest BCUT2D eigenvalue weighted by Crippen LogP contribution is -2.36. The van der Waals surface area contributed by atoms with Crippen LogP contribution >= 0.6 is 11.6 Å². The van der Waals surface area contributed by atoms with E-state index in [0.717, 1.165) is 92.4 Å². The van der Waals surface area contributed by atoms with E-state index in [1.54, 1.807) is 10.7 Å². The molecule has 2 aromatic carbocycles. The van der Waals surface area contributed by atoms with E-state index >= 15 is 0 Å². The first-order valence-electron chi connectivity index (χ1n) is 20.4. The molecule has 1 aliphatic carbocycles. The SMILES string of the molecule is CC(C)(C)c1cc(NC(=O)NC2CC[C@@H](Oc3ccc4nnc(N5CCCCC5)n4c3)c3ccccc32)n(-c2ccc(Cl)c(OCCCOC3CCCCO3)c2)n1. The summed E-state index contributed by atoms with van der Waals surface area (Å²) in [7, 11) is 0. The van der Waals surface area contributed by atoms with E-state index in [1.807, 2.05) is 53.1 Å². The number of ether oxygens (including phenoxy) is 4. The number of benzene rings is 2. The Hall–Kier alpha value is -4.85. The highest BCUT2D eigenvalue weighted by Gasteiger charge is 2.30. The van der Waals surface area contributed by atoms with Gasteiger partial charge in [0, 0.05) is 43.7 Å². The summed E-state index contributed by atoms with van der Waals surface area (Å²) in [5, 5.41) is 20.7. The molecule has 2 amide bonds. The van der Waals surface area contributed by atoms with Crippen molar-refractivity contribution in [1.82, 2.24) is 29.7 Å². The standard InChI is InChI=1S/C43H53ClN8O5/c1-43(2,3)37-27-39(52(49-37)29-15-17-33(44)36(26-29)54-24-11-25-56-40-14-7-10-23-55-40)46-41(53)45-34-18-19-35(32-13-6-5-12-31(32)34)57-30-16-20-38-47-48-42(51(38)28-30)50-21-8-4-9-22-50/h5-6,12-13,15-17,20,26-28,34-35,40H,4,7-11,14,18-19,21-25H2,1-3H3,(H2,45,46,53)/t34?,35-,40?/m1/s1. The fourth-order valence-electron chi connectivity index (χ4n) is 7.80. The van der Waals surface area contributed by atoms with E-state index in [4.69, 9.17) is 35.6 Å². The number of piperidine rings is 1. The molecule has 8 rings (SSSR count). The molecule has 0 saturated carbocycles. The van der Waals surface area contributed by atoms with Gasteiger partial charge in [-0.25, -0.2) is 9.48 Å². The fourth-order valence-corrected chi connectivity index (χ4v) is 7.97. The Morgan fingerprint density at radius 1 is 0.930 bits per heavy atom. The van der Waals surface area contributed by atoms with Gasteiger partial charge in [0.15, 0.2) is 11.9 Å². The molecule has 0 bridgehead atoms. The monoisotopic (exact) mass is 796 g/mol. The predicted molar refractivity (Wildman–Crippen MR) is 220 cm³/mol. The fraction of sp³-hybridized carbons (Fsp3) is 0.488. The van der Waals surface area contributed by atoms with Gasteiger partial charge in [-0.2, -0.15) is 5.10 Å². The molecule has 3 atom stereocenters. The maximum absolute atomic E-state index is 13.8. The lowest BCUT2D eigenvalue weighted by Gasteiger charge is -2.32. The highest BCUT2D eigenvalue weighted by atomic mass is 35.5. The van der Waals surface area contributed by atoms with Crippen LogP contribution in [0.15, 0.2) is 66.9 Å². The van der Waals surface area contributed by atoms with Crippen molar-refractivity contribution in [2.24, 2.45) is 0 Å². The van der Waals surface area contributed by atoms with Crippen molar-refractivity contribution in [3.8, 4) is 17.2 Å². The quantitative estimate of drug-likeness (QED) is 0.119. The van der Waals surface area contributed by atoms with Crippen LogP contribution in [-0.2, 0) is 14.9 Å². The number of carbonyl (C=O) groups is 1. The molecule has 0 radical (unpaired) electrons. The minimum atomic E-state index is -0.327. The van der Waals surface area contributed by atoms with Gasteiger partial charge < -0.3 is 29.2 Å². The number of aromatic nitrogens is 5. The second-order valence-corrected chi connectivity index (χ2v) is 16.6. The molecule has 302 valence electrons. The largest absolute Gasteiger partial charge is 0.492 e. The van der Waals surface area contributed by atoms with Gasteiger partial charge in [-0.15, -0.1) is 10.2 Å². The molecular formula is C43H53ClN8O5. The predicted octanol–water partition coefficient (Wildman–Crippen LogP) is 8.95. The topological polar surface area (TPSA) is 129 Å². The van der Waals surface area contributed by atoms with Crippen LogP contribution in [0.4, 0.5) is 16.6 Å². The second kappa shape index (κ2) is 17.3. The third-order valence-corrected chi connectivity index (χ3v) is 11.2. The Labute approximate surface area is 339 Å². The normalized spacial score (nSPS) is 19.9. The van der Waals surface area contributed by atoms with Crippen LogP contribution in [0.2, 0.25) is 5.02 Å². The Balaban J connectivity index is 0.942. The van der Waals surface area contributed by atoms with E-state index in [-0.39, 0.29) is 29.9 Å². The number of rotatable bonds is 12. The first-order valence-corrected chi connectivity index (χ1v) is 20.8. The summed E-state index contributed by atoms with van der Waals surface area (Å²) in [6.07, 6.45) is 10.5. The molecule has 5 aromatic rings. The average Bonchev–Trinajstić information content (AvgIpc) is 3.85. The van der Waals surface area contributed by atoms with Crippen molar-refractivity contribution < 1.29 is 23.7 Å². The highest BCUT2D eigenvalue weighted by Crippen LogP contribution is 2.39. The molecule has 2 fully saturated rings. The van der Waals surface area contributed by atoms with Crippen molar-refractivity contribution in [2.75, 3.05) is 43.1 Å². The van der Waals surface area contributed by atoms with E-state index in [9.17, 15) is 4.79 Å². The molecule has 14 heteroatoms. The Kier molecular flexibility index (Phi) is 11.9. The number of urea groups is 1. The number of hydrogen-bond donors (Lipinski definition) is 2. The molecule has 3 aliphatic rings. The van der Waals surface area contributed by atoms with E-state index in [0.29, 0.717) is 48.3 Å². The maximum atomic E-state index is 13.8. The van der Waals surface area contributed by atoms with Crippen LogP contribution in [0.3, 0.4) is 0 Å². The molecule has 5 heterocycles. The van der Waals surface area contributed by atoms with E-state index in [1.165, 1.54) is 6.42 Å². The van der Waals surface area contributed by atoms with Gasteiger partial charge in [0.25, 0.3) is 0 Å². The third kappa shape index (κ3) is 9.16. The zero-order chi connectivity index (χ0) is 39.4. The van der Waals surface area contributed by atoms with Crippen LogP contribution in [0.5, 0.6) is 11.5 Å². The molecule has 2 N–H and O–H groups in total. The molecule has 2 saturated heterocycles. The Morgan fingerprint density at radius 3 is 2.58 bits per heavy atom. The van der Waals surface area contributed by atoms with Crippen LogP contribution in [0.1, 0.15) is 108 Å². The maximum Gasteiger partial charge on any atom is 0.320 e. The van der Waals surface area contributed by atoms with Crippen molar-refractivity contribution in [3.05, 3.63) is 88.7 Å².